The third-order valence-corrected chi connectivity index (χ3v) is 4.35. The zero-order chi connectivity index (χ0) is 18.2. The van der Waals surface area contributed by atoms with Crippen molar-refractivity contribution < 1.29 is 9.59 Å². The Morgan fingerprint density at radius 2 is 2.00 bits per heavy atom. The van der Waals surface area contributed by atoms with Crippen molar-refractivity contribution in [2.24, 2.45) is 5.73 Å². The van der Waals surface area contributed by atoms with Crippen LogP contribution >= 0.6 is 0 Å². The molecule has 6 heteroatoms. The molecule has 1 fully saturated rings. The topological polar surface area (TPSA) is 87.5 Å². The maximum absolute atomic E-state index is 12.1. The minimum atomic E-state index is -0.467. The van der Waals surface area contributed by atoms with Gasteiger partial charge in [0.15, 0.2) is 0 Å². The van der Waals surface area contributed by atoms with Crippen molar-refractivity contribution in [2.75, 3.05) is 19.6 Å². The lowest BCUT2D eigenvalue weighted by Gasteiger charge is -2.31. The fourth-order valence-corrected chi connectivity index (χ4v) is 2.82. The minimum absolute atomic E-state index is 0.174. The molecule has 0 atom stereocenters. The van der Waals surface area contributed by atoms with Gasteiger partial charge in [-0.25, -0.2) is 4.79 Å². The first-order valence-corrected chi connectivity index (χ1v) is 8.73. The molecule has 1 aromatic carbocycles. The highest BCUT2D eigenvalue weighted by Gasteiger charge is 2.19. The third-order valence-electron chi connectivity index (χ3n) is 4.35. The number of likely N-dealkylation sites (tertiary alicyclic amines) is 1. The summed E-state index contributed by atoms with van der Waals surface area (Å²) >= 11 is 0. The number of urea groups is 1. The molecular weight excluding hydrogens is 316 g/mol. The minimum Gasteiger partial charge on any atom is -0.366 e. The number of benzene rings is 1. The van der Waals surface area contributed by atoms with Gasteiger partial charge in [0, 0.05) is 37.8 Å². The molecule has 1 heterocycles. The Bertz CT molecular complexity index is 630. The molecule has 136 valence electrons. The molecule has 3 amide bonds. The first-order chi connectivity index (χ1) is 11.9. The van der Waals surface area contributed by atoms with Gasteiger partial charge in [-0.1, -0.05) is 23.8 Å². The van der Waals surface area contributed by atoms with E-state index >= 15 is 0 Å². The van der Waals surface area contributed by atoms with Gasteiger partial charge in [0.1, 0.15) is 0 Å². The zero-order valence-electron chi connectivity index (χ0n) is 15.0. The normalized spacial score (nSPS) is 15.4. The molecule has 25 heavy (non-hydrogen) atoms. The first kappa shape index (κ1) is 19.0. The average molecular weight is 344 g/mol. The largest absolute Gasteiger partial charge is 0.366 e. The maximum Gasteiger partial charge on any atom is 0.315 e. The van der Waals surface area contributed by atoms with Gasteiger partial charge in [-0.05, 0) is 44.4 Å². The van der Waals surface area contributed by atoms with E-state index in [0.717, 1.165) is 38.0 Å². The van der Waals surface area contributed by atoms with Crippen molar-refractivity contribution in [3.8, 4) is 0 Å². The maximum atomic E-state index is 12.1. The number of carbonyl (C=O) groups is 2. The number of hydrogen-bond donors (Lipinski definition) is 3. The molecule has 0 bridgehead atoms. The fourth-order valence-electron chi connectivity index (χ4n) is 2.82. The molecule has 6 nitrogen and oxygen atoms in total. The number of nitrogens with one attached hydrogen (secondary N) is 2. The lowest BCUT2D eigenvalue weighted by atomic mass is 10.1. The summed E-state index contributed by atoms with van der Waals surface area (Å²) in [4.78, 5) is 25.6. The Morgan fingerprint density at radius 3 is 2.64 bits per heavy atom. The van der Waals surface area contributed by atoms with E-state index in [1.807, 2.05) is 6.07 Å². The van der Waals surface area contributed by atoms with Gasteiger partial charge in [0.25, 0.3) is 0 Å². The Hall–Kier alpha value is -2.34. The third kappa shape index (κ3) is 6.58. The van der Waals surface area contributed by atoms with Crippen LogP contribution in [0.4, 0.5) is 4.79 Å². The summed E-state index contributed by atoms with van der Waals surface area (Å²) in [7, 11) is 0. The highest BCUT2D eigenvalue weighted by molar-refractivity contribution is 5.92. The van der Waals surface area contributed by atoms with Crippen molar-refractivity contribution >= 4 is 11.9 Å². The summed E-state index contributed by atoms with van der Waals surface area (Å²) in [6, 6.07) is 7.01. The number of primary amides is 1. The zero-order valence-corrected chi connectivity index (χ0v) is 15.0. The average Bonchev–Trinajstić information content (AvgIpc) is 2.59. The van der Waals surface area contributed by atoms with Crippen LogP contribution in [0, 0.1) is 0 Å². The van der Waals surface area contributed by atoms with Crippen molar-refractivity contribution in [2.45, 2.75) is 39.3 Å². The van der Waals surface area contributed by atoms with Gasteiger partial charge in [0.05, 0.1) is 0 Å². The van der Waals surface area contributed by atoms with E-state index < -0.39 is 5.91 Å². The second-order valence-corrected chi connectivity index (χ2v) is 6.75. The van der Waals surface area contributed by atoms with Crippen LogP contribution in [0.3, 0.4) is 0 Å². The second-order valence-electron chi connectivity index (χ2n) is 6.75. The predicted octanol–water partition coefficient (Wildman–Crippen LogP) is 2.02. The van der Waals surface area contributed by atoms with Crippen LogP contribution in [0.25, 0.3) is 0 Å². The van der Waals surface area contributed by atoms with Gasteiger partial charge in [-0.2, -0.15) is 0 Å². The molecule has 0 aliphatic carbocycles. The van der Waals surface area contributed by atoms with E-state index in [1.165, 1.54) is 5.57 Å². The number of hydrogen-bond acceptors (Lipinski definition) is 3. The standard InChI is InChI=1S/C19H28N4O2/c1-14(2)6-9-23-10-7-17(8-11-23)22-19(25)21-13-15-4-3-5-16(12-15)18(20)24/h3-6,12,17H,7-11,13H2,1-2H3,(H2,20,24)(H2,21,22,25). The van der Waals surface area contributed by atoms with E-state index in [4.69, 9.17) is 5.73 Å². The number of allylic oxidation sites excluding steroid dienone is 1. The Kier molecular flexibility index (Phi) is 7.01. The summed E-state index contributed by atoms with van der Waals surface area (Å²) in [5.74, 6) is -0.467. The fraction of sp³-hybridized carbons (Fsp3) is 0.474. The quantitative estimate of drug-likeness (QED) is 0.690. The summed E-state index contributed by atoms with van der Waals surface area (Å²) in [6.07, 6.45) is 4.16. The van der Waals surface area contributed by atoms with Gasteiger partial charge in [-0.15, -0.1) is 0 Å². The smallest absolute Gasteiger partial charge is 0.315 e. The van der Waals surface area contributed by atoms with Crippen LogP contribution in [0.15, 0.2) is 35.9 Å². The molecule has 0 aromatic heterocycles. The highest BCUT2D eigenvalue weighted by atomic mass is 16.2. The van der Waals surface area contributed by atoms with E-state index in [9.17, 15) is 9.59 Å². The summed E-state index contributed by atoms with van der Waals surface area (Å²) in [5, 5.41) is 5.87. The molecule has 1 aliphatic heterocycles. The lowest BCUT2D eigenvalue weighted by Crippen LogP contribution is -2.47. The molecule has 1 aliphatic rings. The number of nitrogens with two attached hydrogens (primary N) is 1. The molecule has 2 rings (SSSR count). The summed E-state index contributed by atoms with van der Waals surface area (Å²) in [5.41, 5.74) is 7.90. The van der Waals surface area contributed by atoms with E-state index in [0.29, 0.717) is 12.1 Å². The van der Waals surface area contributed by atoms with Gasteiger partial charge >= 0.3 is 6.03 Å². The predicted molar refractivity (Wildman–Crippen MR) is 99.2 cm³/mol. The van der Waals surface area contributed by atoms with E-state index in [-0.39, 0.29) is 12.1 Å². The summed E-state index contributed by atoms with van der Waals surface area (Å²) < 4.78 is 0. The second kappa shape index (κ2) is 9.22. The van der Waals surface area contributed by atoms with Crippen LogP contribution < -0.4 is 16.4 Å². The molecule has 4 N–H and O–H groups in total. The Morgan fingerprint density at radius 1 is 1.28 bits per heavy atom. The highest BCUT2D eigenvalue weighted by Crippen LogP contribution is 2.10. The number of rotatable bonds is 6. The molecule has 0 spiro atoms. The van der Waals surface area contributed by atoms with Crippen molar-refractivity contribution in [1.82, 2.24) is 15.5 Å². The Balaban J connectivity index is 1.72. The molecule has 1 aromatic rings. The van der Waals surface area contributed by atoms with Crippen LogP contribution in [0.2, 0.25) is 0 Å². The number of amides is 3. The molecule has 0 radical (unpaired) electrons. The van der Waals surface area contributed by atoms with Crippen LogP contribution in [0.1, 0.15) is 42.6 Å². The number of piperidine rings is 1. The van der Waals surface area contributed by atoms with E-state index in [1.54, 1.807) is 18.2 Å². The van der Waals surface area contributed by atoms with Gasteiger partial charge in [0.2, 0.25) is 5.91 Å². The van der Waals surface area contributed by atoms with Crippen molar-refractivity contribution in [3.05, 3.63) is 47.0 Å². The van der Waals surface area contributed by atoms with Gasteiger partial charge < -0.3 is 16.4 Å². The Labute approximate surface area is 149 Å². The molecular formula is C19H28N4O2. The van der Waals surface area contributed by atoms with Crippen LogP contribution in [-0.4, -0.2) is 42.5 Å². The summed E-state index contributed by atoms with van der Waals surface area (Å²) in [6.45, 7) is 7.56. The molecule has 0 unspecified atom stereocenters. The van der Waals surface area contributed by atoms with Gasteiger partial charge in [-0.3, -0.25) is 9.69 Å². The van der Waals surface area contributed by atoms with Crippen LogP contribution in [-0.2, 0) is 6.54 Å². The first-order valence-electron chi connectivity index (χ1n) is 8.73. The van der Waals surface area contributed by atoms with Crippen molar-refractivity contribution in [3.63, 3.8) is 0 Å². The van der Waals surface area contributed by atoms with E-state index in [2.05, 4.69) is 35.5 Å². The molecule has 0 saturated carbocycles. The monoisotopic (exact) mass is 344 g/mol. The SMILES string of the molecule is CC(C)=CCN1CCC(NC(=O)NCc2cccc(C(N)=O)c2)CC1. The van der Waals surface area contributed by atoms with Crippen LogP contribution in [0.5, 0.6) is 0 Å². The van der Waals surface area contributed by atoms with Crippen molar-refractivity contribution in [1.29, 1.82) is 0 Å². The lowest BCUT2D eigenvalue weighted by molar-refractivity contribution is 0.1000. The molecule has 1 saturated heterocycles. The number of carbonyl (C=O) groups excluding carboxylic acids is 2. The number of nitrogens with zero attached hydrogens (tertiary/aromatic N) is 1.